The van der Waals surface area contributed by atoms with Crippen LogP contribution in [-0.4, -0.2) is 78.0 Å². The topological polar surface area (TPSA) is 113 Å². The minimum absolute atomic E-state index is 0.0565. The highest BCUT2D eigenvalue weighted by atomic mass is 19.4. The first-order chi connectivity index (χ1) is 25.6. The Hall–Kier alpha value is -4.72. The molecule has 10 nitrogen and oxygen atoms in total. The predicted molar refractivity (Wildman–Crippen MR) is 196 cm³/mol. The molecule has 3 saturated heterocycles. The number of pyridine rings is 1. The molecule has 290 valence electrons. The van der Waals surface area contributed by atoms with Crippen LogP contribution in [0.2, 0.25) is 0 Å². The number of methoxy groups -OCH3 is 1. The molecule has 3 fully saturated rings. The van der Waals surface area contributed by atoms with Crippen molar-refractivity contribution >= 4 is 23.4 Å². The van der Waals surface area contributed by atoms with Crippen molar-refractivity contribution in [3.63, 3.8) is 0 Å². The van der Waals surface area contributed by atoms with Crippen molar-refractivity contribution in [1.82, 2.24) is 19.7 Å². The number of aromatic nitrogens is 1. The molecule has 3 aliphatic rings. The van der Waals surface area contributed by atoms with Crippen molar-refractivity contribution < 1.29 is 36.7 Å². The summed E-state index contributed by atoms with van der Waals surface area (Å²) in [5, 5.41) is 5.04. The number of alkyl halides is 3. The molecule has 1 unspecified atom stereocenters. The number of amides is 3. The van der Waals surface area contributed by atoms with Crippen molar-refractivity contribution in [2.24, 2.45) is 13.0 Å². The Morgan fingerprint density at radius 2 is 1.67 bits per heavy atom. The molecule has 0 radical (unpaired) electrons. The van der Waals surface area contributed by atoms with Gasteiger partial charge in [-0.25, -0.2) is 4.39 Å². The number of carbonyl (C=O) groups is 3. The zero-order valence-corrected chi connectivity index (χ0v) is 31.1. The van der Waals surface area contributed by atoms with E-state index in [2.05, 4.69) is 15.5 Å². The molecule has 3 aliphatic heterocycles. The molecule has 2 aromatic carbocycles. The quantitative estimate of drug-likeness (QED) is 0.213. The van der Waals surface area contributed by atoms with Gasteiger partial charge in [-0.05, 0) is 118 Å². The second-order valence-electron chi connectivity index (χ2n) is 14.9. The van der Waals surface area contributed by atoms with E-state index in [4.69, 9.17) is 4.74 Å². The molecule has 3 amide bonds. The van der Waals surface area contributed by atoms with Crippen LogP contribution in [-0.2, 0) is 34.0 Å². The average molecular weight is 754 g/mol. The molecule has 0 saturated carbocycles. The maximum atomic E-state index is 15.7. The van der Waals surface area contributed by atoms with Gasteiger partial charge in [-0.15, -0.1) is 0 Å². The minimum atomic E-state index is -4.61. The van der Waals surface area contributed by atoms with Gasteiger partial charge in [0.15, 0.2) is 0 Å². The number of halogens is 4. The van der Waals surface area contributed by atoms with E-state index in [9.17, 15) is 32.3 Å². The molecular weight excluding hydrogens is 706 g/mol. The second kappa shape index (κ2) is 15.9. The number of anilines is 1. The van der Waals surface area contributed by atoms with Gasteiger partial charge in [0.2, 0.25) is 17.7 Å². The normalized spacial score (nSPS) is 19.2. The third-order valence-electron chi connectivity index (χ3n) is 11.4. The summed E-state index contributed by atoms with van der Waals surface area (Å²) in [6.07, 6.45) is 0.229. The number of hydrogen-bond acceptors (Lipinski definition) is 7. The zero-order valence-electron chi connectivity index (χ0n) is 31.1. The highest BCUT2D eigenvalue weighted by molar-refractivity contribution is 6.01. The third-order valence-corrected chi connectivity index (χ3v) is 11.4. The van der Waals surface area contributed by atoms with Crippen LogP contribution < -0.4 is 20.9 Å². The monoisotopic (exact) mass is 753 g/mol. The highest BCUT2D eigenvalue weighted by Crippen LogP contribution is 2.41. The number of rotatable bonds is 9. The lowest BCUT2D eigenvalue weighted by atomic mass is 9.86. The van der Waals surface area contributed by atoms with E-state index in [1.807, 2.05) is 13.0 Å². The molecule has 1 atom stereocenters. The van der Waals surface area contributed by atoms with Gasteiger partial charge in [-0.1, -0.05) is 6.07 Å². The van der Waals surface area contributed by atoms with Gasteiger partial charge < -0.3 is 19.5 Å². The molecule has 0 bridgehead atoms. The predicted octanol–water partition coefficient (Wildman–Crippen LogP) is 5.71. The molecule has 3 aromatic rings. The van der Waals surface area contributed by atoms with Crippen LogP contribution in [0.5, 0.6) is 5.75 Å². The summed E-state index contributed by atoms with van der Waals surface area (Å²) in [5.41, 5.74) is 2.78. The summed E-state index contributed by atoms with van der Waals surface area (Å²) in [5.74, 6) is -1.12. The van der Waals surface area contributed by atoms with Crippen molar-refractivity contribution in [1.29, 1.82) is 0 Å². The molecule has 14 heteroatoms. The number of carbonyl (C=O) groups excluding carboxylic acids is 3. The summed E-state index contributed by atoms with van der Waals surface area (Å²) >= 11 is 0. The van der Waals surface area contributed by atoms with E-state index in [1.165, 1.54) is 29.9 Å². The van der Waals surface area contributed by atoms with Gasteiger partial charge in [0, 0.05) is 55.1 Å². The van der Waals surface area contributed by atoms with Gasteiger partial charge in [0.25, 0.3) is 5.56 Å². The summed E-state index contributed by atoms with van der Waals surface area (Å²) in [6.45, 7) is 5.86. The Balaban J connectivity index is 1.01. The van der Waals surface area contributed by atoms with E-state index < -0.39 is 29.6 Å². The van der Waals surface area contributed by atoms with Crippen molar-refractivity contribution in [3.05, 3.63) is 80.5 Å². The first-order valence-electron chi connectivity index (χ1n) is 18.5. The number of likely N-dealkylation sites (tertiary alicyclic amines) is 2. The maximum Gasteiger partial charge on any atom is 0.416 e. The smallest absolute Gasteiger partial charge is 0.416 e. The van der Waals surface area contributed by atoms with Crippen LogP contribution in [0.1, 0.15) is 72.3 Å². The number of nitrogens with one attached hydrogen (secondary N) is 2. The van der Waals surface area contributed by atoms with Gasteiger partial charge in [-0.3, -0.25) is 29.4 Å². The van der Waals surface area contributed by atoms with E-state index >= 15 is 4.39 Å². The van der Waals surface area contributed by atoms with Crippen molar-refractivity contribution in [3.8, 4) is 16.9 Å². The van der Waals surface area contributed by atoms with Crippen LogP contribution in [0.4, 0.5) is 23.2 Å². The van der Waals surface area contributed by atoms with Gasteiger partial charge >= 0.3 is 6.18 Å². The van der Waals surface area contributed by atoms with E-state index in [0.29, 0.717) is 67.9 Å². The number of nitrogens with zero attached hydrogens (tertiary/aromatic N) is 3. The number of imide groups is 1. The van der Waals surface area contributed by atoms with Gasteiger partial charge in [-0.2, -0.15) is 13.2 Å². The van der Waals surface area contributed by atoms with Crippen LogP contribution >= 0.6 is 0 Å². The Bertz CT molecular complexity index is 1980. The number of aryl methyl sites for hydroxylation is 1. The average Bonchev–Trinajstić information content (AvgIpc) is 3.14. The molecule has 54 heavy (non-hydrogen) atoms. The fraction of sp³-hybridized carbons (Fsp3) is 0.500. The Morgan fingerprint density at radius 3 is 2.31 bits per heavy atom. The fourth-order valence-corrected chi connectivity index (χ4v) is 8.06. The largest absolute Gasteiger partial charge is 0.496 e. The van der Waals surface area contributed by atoms with E-state index in [0.717, 1.165) is 30.0 Å². The fourth-order valence-electron chi connectivity index (χ4n) is 8.06. The van der Waals surface area contributed by atoms with Crippen LogP contribution in [0.15, 0.2) is 41.3 Å². The first kappa shape index (κ1) is 39.0. The Labute approximate surface area is 311 Å². The Morgan fingerprint density at radius 1 is 0.963 bits per heavy atom. The van der Waals surface area contributed by atoms with Crippen LogP contribution in [0.3, 0.4) is 0 Å². The lowest BCUT2D eigenvalue weighted by molar-refractivity contribution is -0.139. The number of piperidine rings is 3. The number of hydrogen-bond donors (Lipinski definition) is 2. The highest BCUT2D eigenvalue weighted by Gasteiger charge is 2.37. The first-order valence-corrected chi connectivity index (χ1v) is 18.5. The van der Waals surface area contributed by atoms with Crippen LogP contribution in [0.25, 0.3) is 11.1 Å². The molecule has 1 aromatic heterocycles. The number of ether oxygens (including phenoxy) is 1. The summed E-state index contributed by atoms with van der Waals surface area (Å²) in [7, 11) is 3.19. The molecular formula is C40H47F4N5O5. The number of benzene rings is 2. The molecule has 6 rings (SSSR count). The lowest BCUT2D eigenvalue weighted by Gasteiger charge is -2.36. The van der Waals surface area contributed by atoms with Crippen molar-refractivity contribution in [2.75, 3.05) is 45.2 Å². The standard InChI is InChI=1S/C40H47F4N5O5/c1-23-24(2)39(53)47(3)21-31(23)27-18-33(41)30(35(19-27)54-4)17-25-9-13-48(14-10-25)22-37(51)49-15-11-26(12-16-49)29-6-5-28(20-32(29)40(42,43)44)45-34-7-8-36(50)46-38(34)52/h5-6,18-21,25-26,34,45H,7-17,22H2,1-4H3,(H,46,50,52). The van der Waals surface area contributed by atoms with Crippen LogP contribution in [0, 0.1) is 25.6 Å². The Kier molecular flexibility index (Phi) is 11.5. The van der Waals surface area contributed by atoms with E-state index in [-0.39, 0.29) is 59.8 Å². The van der Waals surface area contributed by atoms with Gasteiger partial charge in [0.1, 0.15) is 17.6 Å². The minimum Gasteiger partial charge on any atom is -0.496 e. The van der Waals surface area contributed by atoms with E-state index in [1.54, 1.807) is 25.1 Å². The summed E-state index contributed by atoms with van der Waals surface area (Å²) < 4.78 is 65.5. The lowest BCUT2D eigenvalue weighted by Crippen LogP contribution is -2.47. The third kappa shape index (κ3) is 8.48. The zero-order chi connectivity index (χ0) is 38.9. The SMILES string of the molecule is COc1cc(-c2cn(C)c(=O)c(C)c2C)cc(F)c1CC1CCN(CC(=O)N2CCC(c3ccc(NC4CCC(=O)NC4=O)cc3C(F)(F)F)CC2)CC1. The molecule has 4 heterocycles. The molecule has 0 aliphatic carbocycles. The van der Waals surface area contributed by atoms with Gasteiger partial charge in [0.05, 0.1) is 19.2 Å². The second-order valence-corrected chi connectivity index (χ2v) is 14.9. The maximum absolute atomic E-state index is 15.7. The molecule has 0 spiro atoms. The summed E-state index contributed by atoms with van der Waals surface area (Å²) in [4.78, 5) is 53.1. The summed E-state index contributed by atoms with van der Waals surface area (Å²) in [6, 6.07) is 6.54. The van der Waals surface area contributed by atoms with Crippen molar-refractivity contribution in [2.45, 2.75) is 76.9 Å². The molecule has 2 N–H and O–H groups in total.